The summed E-state index contributed by atoms with van der Waals surface area (Å²) in [4.78, 5) is 9.00. The normalized spacial score (nSPS) is 19.9. The Balaban J connectivity index is 1.57. The van der Waals surface area contributed by atoms with E-state index >= 15 is 0 Å². The van der Waals surface area contributed by atoms with Crippen molar-refractivity contribution >= 4 is 0 Å². The van der Waals surface area contributed by atoms with Gasteiger partial charge in [0.25, 0.3) is 0 Å². The van der Waals surface area contributed by atoms with Crippen molar-refractivity contribution in [1.82, 2.24) is 9.97 Å². The van der Waals surface area contributed by atoms with Crippen LogP contribution < -0.4 is 0 Å². The van der Waals surface area contributed by atoms with E-state index in [9.17, 15) is 0 Å². The smallest absolute Gasteiger partial charge is 0.116 e. The number of aryl methyl sites for hydroxylation is 2. The Bertz CT molecular complexity index is 686. The first-order valence-electron chi connectivity index (χ1n) is 11.2. The average molecular weight is 365 g/mol. The molecule has 2 nitrogen and oxygen atoms in total. The van der Waals surface area contributed by atoms with E-state index in [1.165, 1.54) is 74.5 Å². The van der Waals surface area contributed by atoms with E-state index in [2.05, 4.69) is 48.1 Å². The van der Waals surface area contributed by atoms with Crippen LogP contribution in [-0.2, 0) is 12.8 Å². The third-order valence-electron chi connectivity index (χ3n) is 6.45. The summed E-state index contributed by atoms with van der Waals surface area (Å²) >= 11 is 0. The molecule has 0 spiro atoms. The summed E-state index contributed by atoms with van der Waals surface area (Å²) < 4.78 is 0. The Labute approximate surface area is 165 Å². The number of nitrogens with zero attached hydrogens (tertiary/aromatic N) is 2. The van der Waals surface area contributed by atoms with Crippen molar-refractivity contribution in [3.05, 3.63) is 47.9 Å². The fourth-order valence-electron chi connectivity index (χ4n) is 4.69. The first kappa shape index (κ1) is 20.0. The molecule has 0 N–H and O–H groups in total. The van der Waals surface area contributed by atoms with Crippen LogP contribution in [0.4, 0.5) is 0 Å². The maximum absolute atomic E-state index is 4.66. The van der Waals surface area contributed by atoms with Gasteiger partial charge in [0.2, 0.25) is 0 Å². The van der Waals surface area contributed by atoms with E-state index in [1.54, 1.807) is 6.33 Å². The van der Waals surface area contributed by atoms with E-state index in [0.717, 1.165) is 30.4 Å². The number of unbranched alkanes of at least 4 members (excludes halogenated alkanes) is 2. The SMILES string of the molecule is CCCCCC1CCC(CCc2cncnc2-c2ccccc2CC)CC1. The van der Waals surface area contributed by atoms with Crippen molar-refractivity contribution in [1.29, 1.82) is 0 Å². The highest BCUT2D eigenvalue weighted by molar-refractivity contribution is 5.66. The van der Waals surface area contributed by atoms with E-state index in [-0.39, 0.29) is 0 Å². The van der Waals surface area contributed by atoms with Crippen molar-refractivity contribution in [2.75, 3.05) is 0 Å². The summed E-state index contributed by atoms with van der Waals surface area (Å²) in [5.41, 5.74) is 5.14. The standard InChI is InChI=1S/C25H36N2/c1-3-5-6-9-20-12-14-21(15-13-20)16-17-23-18-26-19-27-25(23)24-11-8-7-10-22(24)4-2/h7-8,10-11,18-21H,3-6,9,12-17H2,1-2H3. The molecule has 1 heterocycles. The Morgan fingerprint density at radius 1 is 0.889 bits per heavy atom. The van der Waals surface area contributed by atoms with Gasteiger partial charge in [0.1, 0.15) is 6.33 Å². The molecule has 1 fully saturated rings. The van der Waals surface area contributed by atoms with Crippen LogP contribution in [0.2, 0.25) is 0 Å². The lowest BCUT2D eigenvalue weighted by Crippen LogP contribution is -2.15. The molecule has 0 bridgehead atoms. The fraction of sp³-hybridized carbons (Fsp3) is 0.600. The molecular weight excluding hydrogens is 328 g/mol. The lowest BCUT2D eigenvalue weighted by molar-refractivity contribution is 0.249. The second-order valence-electron chi connectivity index (χ2n) is 8.33. The molecule has 0 saturated heterocycles. The molecule has 1 aromatic heterocycles. The fourth-order valence-corrected chi connectivity index (χ4v) is 4.69. The average Bonchev–Trinajstić information content (AvgIpc) is 2.73. The van der Waals surface area contributed by atoms with E-state index in [0.29, 0.717) is 0 Å². The Hall–Kier alpha value is -1.70. The molecule has 3 rings (SSSR count). The summed E-state index contributed by atoms with van der Waals surface area (Å²) in [5, 5.41) is 0. The Morgan fingerprint density at radius 3 is 2.37 bits per heavy atom. The van der Waals surface area contributed by atoms with Gasteiger partial charge in [-0.25, -0.2) is 9.97 Å². The summed E-state index contributed by atoms with van der Waals surface area (Å²) in [6, 6.07) is 8.69. The predicted octanol–water partition coefficient (Wildman–Crippen LogP) is 7.03. The summed E-state index contributed by atoms with van der Waals surface area (Å²) in [5.74, 6) is 1.89. The quantitative estimate of drug-likeness (QED) is 0.446. The largest absolute Gasteiger partial charge is 0.244 e. The van der Waals surface area contributed by atoms with Gasteiger partial charge in [0.15, 0.2) is 0 Å². The van der Waals surface area contributed by atoms with Gasteiger partial charge in [-0.2, -0.15) is 0 Å². The molecule has 2 heteroatoms. The summed E-state index contributed by atoms with van der Waals surface area (Å²) in [7, 11) is 0. The van der Waals surface area contributed by atoms with Crippen LogP contribution >= 0.6 is 0 Å². The van der Waals surface area contributed by atoms with E-state index in [4.69, 9.17) is 0 Å². The van der Waals surface area contributed by atoms with Crippen molar-refractivity contribution in [3.63, 3.8) is 0 Å². The third kappa shape index (κ3) is 5.64. The predicted molar refractivity (Wildman–Crippen MR) is 115 cm³/mol. The molecule has 1 saturated carbocycles. The molecule has 0 atom stereocenters. The van der Waals surface area contributed by atoms with Crippen LogP contribution in [0, 0.1) is 11.8 Å². The van der Waals surface area contributed by atoms with Crippen LogP contribution in [0.3, 0.4) is 0 Å². The topological polar surface area (TPSA) is 25.8 Å². The number of rotatable bonds is 9. The van der Waals surface area contributed by atoms with Gasteiger partial charge >= 0.3 is 0 Å². The zero-order chi connectivity index (χ0) is 18.9. The third-order valence-corrected chi connectivity index (χ3v) is 6.45. The molecule has 1 aromatic carbocycles. The molecular formula is C25H36N2. The highest BCUT2D eigenvalue weighted by Gasteiger charge is 2.21. The van der Waals surface area contributed by atoms with Crippen LogP contribution in [0.1, 0.15) is 82.8 Å². The van der Waals surface area contributed by atoms with Gasteiger partial charge < -0.3 is 0 Å². The number of hydrogen-bond acceptors (Lipinski definition) is 2. The van der Waals surface area contributed by atoms with Crippen molar-refractivity contribution in [2.45, 2.75) is 84.5 Å². The molecule has 1 aliphatic rings. The Morgan fingerprint density at radius 2 is 1.63 bits per heavy atom. The first-order valence-corrected chi connectivity index (χ1v) is 11.2. The molecule has 146 valence electrons. The van der Waals surface area contributed by atoms with Crippen LogP contribution in [0.5, 0.6) is 0 Å². The maximum atomic E-state index is 4.66. The zero-order valence-corrected chi connectivity index (χ0v) is 17.3. The molecule has 2 aromatic rings. The molecule has 1 aliphatic carbocycles. The van der Waals surface area contributed by atoms with Crippen LogP contribution in [0.15, 0.2) is 36.8 Å². The van der Waals surface area contributed by atoms with Gasteiger partial charge in [-0.1, -0.05) is 89.5 Å². The van der Waals surface area contributed by atoms with Gasteiger partial charge in [-0.3, -0.25) is 0 Å². The van der Waals surface area contributed by atoms with E-state index < -0.39 is 0 Å². The Kier molecular flexibility index (Phi) is 7.86. The highest BCUT2D eigenvalue weighted by atomic mass is 14.8. The highest BCUT2D eigenvalue weighted by Crippen LogP contribution is 2.35. The minimum absolute atomic E-state index is 0.891. The lowest BCUT2D eigenvalue weighted by Gasteiger charge is -2.28. The maximum Gasteiger partial charge on any atom is 0.116 e. The molecule has 0 aliphatic heterocycles. The van der Waals surface area contributed by atoms with Crippen molar-refractivity contribution in [3.8, 4) is 11.3 Å². The number of aromatic nitrogens is 2. The lowest BCUT2D eigenvalue weighted by atomic mass is 9.77. The molecule has 0 radical (unpaired) electrons. The molecule has 0 unspecified atom stereocenters. The minimum Gasteiger partial charge on any atom is -0.244 e. The van der Waals surface area contributed by atoms with Crippen molar-refractivity contribution < 1.29 is 0 Å². The summed E-state index contributed by atoms with van der Waals surface area (Å²) in [6.45, 7) is 4.52. The number of hydrogen-bond donors (Lipinski definition) is 0. The van der Waals surface area contributed by atoms with Gasteiger partial charge in [0.05, 0.1) is 5.69 Å². The van der Waals surface area contributed by atoms with Gasteiger partial charge in [-0.05, 0) is 42.2 Å². The first-order chi connectivity index (χ1) is 13.3. The van der Waals surface area contributed by atoms with Gasteiger partial charge in [0, 0.05) is 11.8 Å². The zero-order valence-electron chi connectivity index (χ0n) is 17.3. The van der Waals surface area contributed by atoms with Gasteiger partial charge in [-0.15, -0.1) is 0 Å². The molecule has 27 heavy (non-hydrogen) atoms. The second-order valence-corrected chi connectivity index (χ2v) is 8.33. The minimum atomic E-state index is 0.891. The summed E-state index contributed by atoms with van der Waals surface area (Å²) in [6.07, 6.45) is 18.6. The van der Waals surface area contributed by atoms with Crippen molar-refractivity contribution in [2.24, 2.45) is 11.8 Å². The van der Waals surface area contributed by atoms with Crippen LogP contribution in [-0.4, -0.2) is 9.97 Å². The molecule has 0 amide bonds. The van der Waals surface area contributed by atoms with E-state index in [1.807, 2.05) is 6.20 Å². The monoisotopic (exact) mass is 364 g/mol. The number of benzene rings is 1. The second kappa shape index (κ2) is 10.6. The van der Waals surface area contributed by atoms with Crippen LogP contribution in [0.25, 0.3) is 11.3 Å².